The lowest BCUT2D eigenvalue weighted by Crippen LogP contribution is -2.13. The SMILES string of the molecule is C=C=C(c1cccc(C(=O)c2cccc(N(c3ccccc3C)c3ccccc3C)c2)c1)c1cccc(N(c2ccccc2C)c2ccccc2C)c1. The van der Waals surface area contributed by atoms with Crippen molar-refractivity contribution < 1.29 is 4.79 Å². The van der Waals surface area contributed by atoms with Crippen LogP contribution in [0.5, 0.6) is 0 Å². The van der Waals surface area contributed by atoms with Crippen molar-refractivity contribution in [1.82, 2.24) is 0 Å². The number of carbonyl (C=O) groups is 1. The predicted octanol–water partition coefficient (Wildman–Crippen LogP) is 13.3. The van der Waals surface area contributed by atoms with Crippen molar-refractivity contribution in [2.75, 3.05) is 9.80 Å². The Morgan fingerprint density at radius 1 is 0.415 bits per heavy atom. The number of hydrogen-bond acceptors (Lipinski definition) is 3. The molecule has 0 saturated carbocycles. The number of nitrogens with zero attached hydrogens (tertiary/aromatic N) is 2. The molecule has 0 aliphatic carbocycles. The van der Waals surface area contributed by atoms with Crippen LogP contribution in [-0.2, 0) is 0 Å². The molecular weight excluding hydrogens is 645 g/mol. The molecule has 7 aromatic rings. The van der Waals surface area contributed by atoms with Gasteiger partial charge >= 0.3 is 0 Å². The van der Waals surface area contributed by atoms with Gasteiger partial charge in [-0.05, 0) is 116 Å². The normalized spacial score (nSPS) is 10.7. The summed E-state index contributed by atoms with van der Waals surface area (Å²) in [5.74, 6) is -0.0503. The Morgan fingerprint density at radius 2 is 0.736 bits per heavy atom. The number of hydrogen-bond donors (Lipinski definition) is 0. The highest BCUT2D eigenvalue weighted by atomic mass is 16.1. The molecule has 0 unspecified atom stereocenters. The van der Waals surface area contributed by atoms with Gasteiger partial charge in [0.15, 0.2) is 5.78 Å². The molecule has 0 heterocycles. The minimum absolute atomic E-state index is 0.0503. The summed E-state index contributed by atoms with van der Waals surface area (Å²) in [7, 11) is 0. The highest BCUT2D eigenvalue weighted by Crippen LogP contribution is 2.41. The Labute approximate surface area is 313 Å². The van der Waals surface area contributed by atoms with Crippen LogP contribution in [0.1, 0.15) is 49.3 Å². The number of anilines is 6. The van der Waals surface area contributed by atoms with Crippen molar-refractivity contribution in [2.45, 2.75) is 27.7 Å². The van der Waals surface area contributed by atoms with E-state index < -0.39 is 0 Å². The third kappa shape index (κ3) is 7.12. The Hall–Kier alpha value is -6.67. The van der Waals surface area contributed by atoms with E-state index >= 15 is 0 Å². The lowest BCUT2D eigenvalue weighted by atomic mass is 9.94. The van der Waals surface area contributed by atoms with E-state index in [1.165, 1.54) is 11.1 Å². The molecule has 7 aromatic carbocycles. The summed E-state index contributed by atoms with van der Waals surface area (Å²) < 4.78 is 0. The van der Waals surface area contributed by atoms with E-state index in [9.17, 15) is 4.79 Å². The van der Waals surface area contributed by atoms with Gasteiger partial charge < -0.3 is 9.80 Å². The van der Waals surface area contributed by atoms with Crippen molar-refractivity contribution in [3.05, 3.63) is 227 Å². The van der Waals surface area contributed by atoms with E-state index in [2.05, 4.69) is 177 Å². The molecule has 7 rings (SSSR count). The zero-order valence-corrected chi connectivity index (χ0v) is 30.7. The van der Waals surface area contributed by atoms with Crippen molar-refractivity contribution in [2.24, 2.45) is 0 Å². The molecule has 0 aliphatic heterocycles. The lowest BCUT2D eigenvalue weighted by Gasteiger charge is -2.29. The number of carbonyl (C=O) groups excluding carboxylic acids is 1. The molecule has 0 N–H and O–H groups in total. The topological polar surface area (TPSA) is 23.6 Å². The van der Waals surface area contributed by atoms with Gasteiger partial charge in [-0.3, -0.25) is 4.79 Å². The van der Waals surface area contributed by atoms with E-state index in [1.54, 1.807) is 0 Å². The second kappa shape index (κ2) is 15.3. The molecule has 0 aliphatic rings. The van der Waals surface area contributed by atoms with Crippen LogP contribution < -0.4 is 9.80 Å². The summed E-state index contributed by atoms with van der Waals surface area (Å²) in [5.41, 5.74) is 18.0. The van der Waals surface area contributed by atoms with Gasteiger partial charge in [0.1, 0.15) is 0 Å². The maximum Gasteiger partial charge on any atom is 0.193 e. The van der Waals surface area contributed by atoms with Gasteiger partial charge in [0.05, 0.1) is 0 Å². The zero-order chi connectivity index (χ0) is 36.9. The van der Waals surface area contributed by atoms with Crippen molar-refractivity contribution in [3.63, 3.8) is 0 Å². The molecule has 0 aromatic heterocycles. The first kappa shape index (κ1) is 34.8. The van der Waals surface area contributed by atoms with Crippen LogP contribution in [0.4, 0.5) is 34.1 Å². The number of benzene rings is 7. The molecule has 0 amide bonds. The number of para-hydroxylation sites is 4. The van der Waals surface area contributed by atoms with E-state index in [-0.39, 0.29) is 5.78 Å². The van der Waals surface area contributed by atoms with Crippen molar-refractivity contribution in [1.29, 1.82) is 0 Å². The third-order valence-corrected chi connectivity index (χ3v) is 9.78. The first-order chi connectivity index (χ1) is 25.8. The summed E-state index contributed by atoms with van der Waals surface area (Å²) >= 11 is 0. The fourth-order valence-electron chi connectivity index (χ4n) is 7.01. The molecule has 0 atom stereocenters. The van der Waals surface area contributed by atoms with Gasteiger partial charge in [-0.1, -0.05) is 122 Å². The first-order valence-electron chi connectivity index (χ1n) is 17.9. The second-order valence-corrected chi connectivity index (χ2v) is 13.4. The number of ketones is 1. The van der Waals surface area contributed by atoms with Gasteiger partial charge in [-0.15, -0.1) is 5.73 Å². The van der Waals surface area contributed by atoms with Crippen LogP contribution >= 0.6 is 0 Å². The molecule has 53 heavy (non-hydrogen) atoms. The third-order valence-electron chi connectivity index (χ3n) is 9.78. The molecule has 3 nitrogen and oxygen atoms in total. The average Bonchev–Trinajstić information content (AvgIpc) is 3.18. The predicted molar refractivity (Wildman–Crippen MR) is 223 cm³/mol. The maximum absolute atomic E-state index is 14.3. The monoisotopic (exact) mass is 686 g/mol. The fourth-order valence-corrected chi connectivity index (χ4v) is 7.01. The smallest absolute Gasteiger partial charge is 0.193 e. The Balaban J connectivity index is 1.25. The Kier molecular flexibility index (Phi) is 10.0. The van der Waals surface area contributed by atoms with Crippen LogP contribution in [0.3, 0.4) is 0 Å². The van der Waals surface area contributed by atoms with Crippen LogP contribution in [0.2, 0.25) is 0 Å². The van der Waals surface area contributed by atoms with Gasteiger partial charge in [0.25, 0.3) is 0 Å². The highest BCUT2D eigenvalue weighted by Gasteiger charge is 2.20. The van der Waals surface area contributed by atoms with Gasteiger partial charge in [-0.25, -0.2) is 0 Å². The molecular formula is C50H42N2O. The van der Waals surface area contributed by atoms with Gasteiger partial charge in [0, 0.05) is 50.8 Å². The Morgan fingerprint density at radius 3 is 1.13 bits per heavy atom. The molecule has 0 bridgehead atoms. The minimum Gasteiger partial charge on any atom is -0.310 e. The Bertz CT molecular complexity index is 2410. The second-order valence-electron chi connectivity index (χ2n) is 13.4. The summed E-state index contributed by atoms with van der Waals surface area (Å²) in [5, 5.41) is 0. The summed E-state index contributed by atoms with van der Waals surface area (Å²) in [6, 6.07) is 57.7. The van der Waals surface area contributed by atoms with E-state index in [0.29, 0.717) is 11.1 Å². The summed E-state index contributed by atoms with van der Waals surface area (Å²) in [6.07, 6.45) is 0. The van der Waals surface area contributed by atoms with Crippen molar-refractivity contribution in [3.8, 4) is 0 Å². The number of rotatable bonds is 10. The zero-order valence-electron chi connectivity index (χ0n) is 30.7. The maximum atomic E-state index is 14.3. The molecule has 258 valence electrons. The molecule has 0 saturated heterocycles. The average molecular weight is 687 g/mol. The summed E-state index contributed by atoms with van der Waals surface area (Å²) in [6.45, 7) is 12.6. The van der Waals surface area contributed by atoms with Crippen LogP contribution in [0.25, 0.3) is 5.57 Å². The van der Waals surface area contributed by atoms with Gasteiger partial charge in [0.2, 0.25) is 0 Å². The molecule has 0 spiro atoms. The molecule has 3 heteroatoms. The quantitative estimate of drug-likeness (QED) is 0.106. The largest absolute Gasteiger partial charge is 0.310 e. The van der Waals surface area contributed by atoms with Crippen molar-refractivity contribution >= 4 is 45.5 Å². The fraction of sp³-hybridized carbons (Fsp3) is 0.0800. The van der Waals surface area contributed by atoms with E-state index in [1.807, 2.05) is 42.5 Å². The summed E-state index contributed by atoms with van der Waals surface area (Å²) in [4.78, 5) is 18.8. The highest BCUT2D eigenvalue weighted by molar-refractivity contribution is 6.10. The standard InChI is InChI=1S/C50H42N2O/c1-6-45(40-23-16-26-43(33-40)51(46-28-11-7-18-35(46)2)47-29-12-8-19-36(47)3)39-22-15-24-41(32-39)50(53)42-25-17-27-44(34-42)52(48-30-13-9-20-37(48)4)49-31-14-10-21-38(49)5/h7-34H,1H2,2-5H3. The van der Waals surface area contributed by atoms with Crippen LogP contribution in [-0.4, -0.2) is 5.78 Å². The van der Waals surface area contributed by atoms with E-state index in [4.69, 9.17) is 0 Å². The van der Waals surface area contributed by atoms with E-state index in [0.717, 1.165) is 62.0 Å². The lowest BCUT2D eigenvalue weighted by molar-refractivity contribution is 0.103. The van der Waals surface area contributed by atoms with Gasteiger partial charge in [-0.2, -0.15) is 0 Å². The molecule has 0 fully saturated rings. The molecule has 0 radical (unpaired) electrons. The van der Waals surface area contributed by atoms with Crippen LogP contribution in [0.15, 0.2) is 182 Å². The minimum atomic E-state index is -0.0503. The van der Waals surface area contributed by atoms with Crippen LogP contribution in [0, 0.1) is 27.7 Å². The first-order valence-corrected chi connectivity index (χ1v) is 17.9. The number of aryl methyl sites for hydroxylation is 4.